The Labute approximate surface area is 124 Å². The molecule has 3 rings (SSSR count). The molecule has 0 N–H and O–H groups in total. The van der Waals surface area contributed by atoms with Crippen molar-refractivity contribution in [1.82, 2.24) is 0 Å². The Hall–Kier alpha value is -2.67. The maximum atomic E-state index is 12.2. The molecule has 0 saturated carbocycles. The largest absolute Gasteiger partial charge is 0.294 e. The third kappa shape index (κ3) is 2.63. The first-order valence-corrected chi connectivity index (χ1v) is 7.02. The molecule has 1 heteroatoms. The highest BCUT2D eigenvalue weighted by atomic mass is 16.1. The van der Waals surface area contributed by atoms with Gasteiger partial charge in [0.05, 0.1) is 0 Å². The van der Waals surface area contributed by atoms with Gasteiger partial charge in [-0.25, -0.2) is 0 Å². The number of Topliss-reactive ketones (excluding diaryl/α,β-unsaturated/α-hetero) is 1. The van der Waals surface area contributed by atoms with Crippen molar-refractivity contribution in [3.8, 4) is 22.3 Å². The smallest absolute Gasteiger partial charge is 0.161 e. The van der Waals surface area contributed by atoms with Gasteiger partial charge in [0.2, 0.25) is 0 Å². The Kier molecular flexibility index (Phi) is 3.65. The third-order valence-electron chi connectivity index (χ3n) is 3.59. The van der Waals surface area contributed by atoms with Crippen molar-refractivity contribution in [3.63, 3.8) is 0 Å². The topological polar surface area (TPSA) is 17.1 Å². The van der Waals surface area contributed by atoms with Crippen molar-refractivity contribution < 1.29 is 4.79 Å². The van der Waals surface area contributed by atoms with E-state index < -0.39 is 0 Å². The third-order valence-corrected chi connectivity index (χ3v) is 3.59. The molecule has 0 bridgehead atoms. The van der Waals surface area contributed by atoms with Gasteiger partial charge >= 0.3 is 0 Å². The molecule has 102 valence electrons. The highest BCUT2D eigenvalue weighted by molar-refractivity contribution is 6.06. The van der Waals surface area contributed by atoms with Crippen LogP contribution in [0.15, 0.2) is 78.9 Å². The fourth-order valence-corrected chi connectivity index (χ4v) is 2.65. The number of carbonyl (C=O) groups excluding carboxylic acids is 1. The molecule has 0 aromatic heterocycles. The van der Waals surface area contributed by atoms with Crippen LogP contribution < -0.4 is 0 Å². The molecule has 0 aliphatic heterocycles. The molecule has 21 heavy (non-hydrogen) atoms. The lowest BCUT2D eigenvalue weighted by Gasteiger charge is -2.13. The summed E-state index contributed by atoms with van der Waals surface area (Å²) in [6.45, 7) is 1.63. The van der Waals surface area contributed by atoms with Gasteiger partial charge in [-0.3, -0.25) is 4.79 Å². The van der Waals surface area contributed by atoms with Gasteiger partial charge in [0.1, 0.15) is 0 Å². The van der Waals surface area contributed by atoms with Crippen LogP contribution in [0.4, 0.5) is 0 Å². The van der Waals surface area contributed by atoms with Crippen molar-refractivity contribution in [2.24, 2.45) is 0 Å². The quantitative estimate of drug-likeness (QED) is 0.597. The maximum Gasteiger partial charge on any atom is 0.161 e. The van der Waals surface area contributed by atoms with Gasteiger partial charge in [-0.05, 0) is 29.2 Å². The van der Waals surface area contributed by atoms with E-state index in [9.17, 15) is 4.79 Å². The normalized spacial score (nSPS) is 10.3. The SMILES string of the molecule is CC(=O)c1c(-c2ccccc2)cccc1-c1ccccc1. The monoisotopic (exact) mass is 272 g/mol. The molecule has 1 nitrogen and oxygen atoms in total. The lowest BCUT2D eigenvalue weighted by molar-refractivity contribution is 0.101. The van der Waals surface area contributed by atoms with E-state index in [0.717, 1.165) is 27.8 Å². The number of hydrogen-bond acceptors (Lipinski definition) is 1. The van der Waals surface area contributed by atoms with Gasteiger partial charge in [0.15, 0.2) is 5.78 Å². The summed E-state index contributed by atoms with van der Waals surface area (Å²) in [5, 5.41) is 0. The maximum absolute atomic E-state index is 12.2. The minimum atomic E-state index is 0.0910. The van der Waals surface area contributed by atoms with Gasteiger partial charge in [0, 0.05) is 5.56 Å². The summed E-state index contributed by atoms with van der Waals surface area (Å²) in [5.41, 5.74) is 4.91. The molecular formula is C20H16O. The standard InChI is InChI=1S/C20H16O/c1-15(21)20-18(16-9-4-2-5-10-16)13-8-14-19(20)17-11-6-3-7-12-17/h2-14H,1H3. The van der Waals surface area contributed by atoms with Crippen LogP contribution >= 0.6 is 0 Å². The van der Waals surface area contributed by atoms with E-state index in [-0.39, 0.29) is 5.78 Å². The van der Waals surface area contributed by atoms with Crippen molar-refractivity contribution in [2.45, 2.75) is 6.92 Å². The predicted octanol–water partition coefficient (Wildman–Crippen LogP) is 5.22. The van der Waals surface area contributed by atoms with Crippen LogP contribution in [0.3, 0.4) is 0 Å². The summed E-state index contributed by atoms with van der Waals surface area (Å²) in [7, 11) is 0. The molecule has 3 aromatic rings. The summed E-state index contributed by atoms with van der Waals surface area (Å²) in [4.78, 5) is 12.2. The van der Waals surface area contributed by atoms with E-state index in [0.29, 0.717) is 0 Å². The minimum absolute atomic E-state index is 0.0910. The molecule has 0 unspecified atom stereocenters. The van der Waals surface area contributed by atoms with Crippen molar-refractivity contribution in [1.29, 1.82) is 0 Å². The molecule has 0 radical (unpaired) electrons. The molecule has 0 aliphatic rings. The molecule has 0 aliphatic carbocycles. The first-order chi connectivity index (χ1) is 10.3. The summed E-state index contributed by atoms with van der Waals surface area (Å²) < 4.78 is 0. The van der Waals surface area contributed by atoms with E-state index >= 15 is 0 Å². The van der Waals surface area contributed by atoms with E-state index in [2.05, 4.69) is 0 Å². The van der Waals surface area contributed by atoms with Crippen LogP contribution in [0, 0.1) is 0 Å². The van der Waals surface area contributed by atoms with E-state index in [1.807, 2.05) is 78.9 Å². The molecule has 0 amide bonds. The van der Waals surface area contributed by atoms with E-state index in [4.69, 9.17) is 0 Å². The average molecular weight is 272 g/mol. The first kappa shape index (κ1) is 13.3. The summed E-state index contributed by atoms with van der Waals surface area (Å²) in [5.74, 6) is 0.0910. The predicted molar refractivity (Wildman–Crippen MR) is 87.3 cm³/mol. The summed E-state index contributed by atoms with van der Waals surface area (Å²) >= 11 is 0. The Balaban J connectivity index is 2.26. The second-order valence-electron chi connectivity index (χ2n) is 5.02. The van der Waals surface area contributed by atoms with Crippen LogP contribution in [0.25, 0.3) is 22.3 Å². The summed E-state index contributed by atoms with van der Waals surface area (Å²) in [6, 6.07) is 26.1. The summed E-state index contributed by atoms with van der Waals surface area (Å²) in [6.07, 6.45) is 0. The zero-order valence-corrected chi connectivity index (χ0v) is 11.9. The lowest BCUT2D eigenvalue weighted by atomic mass is 9.90. The Bertz CT molecular complexity index is 701. The van der Waals surface area contributed by atoms with Crippen LogP contribution in [-0.4, -0.2) is 5.78 Å². The van der Waals surface area contributed by atoms with Crippen LogP contribution in [0.5, 0.6) is 0 Å². The Morgan fingerprint density at radius 3 is 1.43 bits per heavy atom. The van der Waals surface area contributed by atoms with Crippen molar-refractivity contribution in [2.75, 3.05) is 0 Å². The highest BCUT2D eigenvalue weighted by Gasteiger charge is 2.14. The fraction of sp³-hybridized carbons (Fsp3) is 0.0500. The highest BCUT2D eigenvalue weighted by Crippen LogP contribution is 2.32. The zero-order valence-electron chi connectivity index (χ0n) is 11.9. The van der Waals surface area contributed by atoms with Crippen LogP contribution in [0.2, 0.25) is 0 Å². The van der Waals surface area contributed by atoms with Crippen LogP contribution in [-0.2, 0) is 0 Å². The first-order valence-electron chi connectivity index (χ1n) is 7.02. The second kappa shape index (κ2) is 5.76. The van der Waals surface area contributed by atoms with Gasteiger partial charge < -0.3 is 0 Å². The fourth-order valence-electron chi connectivity index (χ4n) is 2.65. The molecule has 0 fully saturated rings. The average Bonchev–Trinajstić information content (AvgIpc) is 2.55. The van der Waals surface area contributed by atoms with E-state index in [1.165, 1.54) is 0 Å². The van der Waals surface area contributed by atoms with Gasteiger partial charge in [-0.2, -0.15) is 0 Å². The van der Waals surface area contributed by atoms with Crippen molar-refractivity contribution in [3.05, 3.63) is 84.4 Å². The molecule has 0 heterocycles. The molecule has 0 atom stereocenters. The molecule has 3 aromatic carbocycles. The van der Waals surface area contributed by atoms with Gasteiger partial charge in [-0.1, -0.05) is 78.9 Å². The number of ketones is 1. The Morgan fingerprint density at radius 1 is 0.619 bits per heavy atom. The van der Waals surface area contributed by atoms with Crippen LogP contribution in [0.1, 0.15) is 17.3 Å². The second-order valence-corrected chi connectivity index (χ2v) is 5.02. The van der Waals surface area contributed by atoms with E-state index in [1.54, 1.807) is 6.92 Å². The number of rotatable bonds is 3. The number of carbonyl (C=O) groups is 1. The molecule has 0 spiro atoms. The zero-order chi connectivity index (χ0) is 14.7. The van der Waals surface area contributed by atoms with Crippen molar-refractivity contribution >= 4 is 5.78 Å². The number of benzene rings is 3. The molecular weight excluding hydrogens is 256 g/mol. The van der Waals surface area contributed by atoms with Gasteiger partial charge in [-0.15, -0.1) is 0 Å². The lowest BCUT2D eigenvalue weighted by Crippen LogP contribution is -1.99. The molecule has 0 saturated heterocycles. The number of hydrogen-bond donors (Lipinski definition) is 0. The Morgan fingerprint density at radius 2 is 1.05 bits per heavy atom. The minimum Gasteiger partial charge on any atom is -0.294 e. The van der Waals surface area contributed by atoms with Gasteiger partial charge in [0.25, 0.3) is 0 Å².